The van der Waals surface area contributed by atoms with E-state index in [9.17, 15) is 14.4 Å². The number of esters is 1. The molecular formula is C18H26N2O6. The summed E-state index contributed by atoms with van der Waals surface area (Å²) < 4.78 is 15.1. The lowest BCUT2D eigenvalue weighted by atomic mass is 10.2. The Kier molecular flexibility index (Phi) is 8.41. The predicted molar refractivity (Wildman–Crippen MR) is 94.4 cm³/mol. The molecule has 0 saturated carbocycles. The fourth-order valence-corrected chi connectivity index (χ4v) is 1.85. The monoisotopic (exact) mass is 366 g/mol. The summed E-state index contributed by atoms with van der Waals surface area (Å²) in [7, 11) is 0. The minimum atomic E-state index is -1.09. The SMILES string of the molecule is CCOC(=O)[C@H](CNC(=O)OCc1ccccc1)NC(=O)OC(C)(C)C. The molecule has 1 aromatic rings. The van der Waals surface area contributed by atoms with Gasteiger partial charge in [0.05, 0.1) is 13.2 Å². The maximum absolute atomic E-state index is 12.0. The van der Waals surface area contributed by atoms with Crippen LogP contribution in [0.3, 0.4) is 0 Å². The van der Waals surface area contributed by atoms with E-state index in [2.05, 4.69) is 10.6 Å². The van der Waals surface area contributed by atoms with Crippen LogP contribution >= 0.6 is 0 Å². The first-order valence-electron chi connectivity index (χ1n) is 8.32. The third-order valence-electron chi connectivity index (χ3n) is 2.93. The second-order valence-electron chi connectivity index (χ2n) is 6.39. The second-order valence-corrected chi connectivity index (χ2v) is 6.39. The van der Waals surface area contributed by atoms with Crippen molar-refractivity contribution in [3.63, 3.8) is 0 Å². The van der Waals surface area contributed by atoms with Crippen LogP contribution in [0.2, 0.25) is 0 Å². The van der Waals surface area contributed by atoms with Crippen molar-refractivity contribution in [2.45, 2.75) is 45.9 Å². The van der Waals surface area contributed by atoms with Gasteiger partial charge in [-0.1, -0.05) is 30.3 Å². The third-order valence-corrected chi connectivity index (χ3v) is 2.93. The first-order chi connectivity index (χ1) is 12.2. The van der Waals surface area contributed by atoms with E-state index in [1.54, 1.807) is 27.7 Å². The zero-order chi connectivity index (χ0) is 19.6. The first kappa shape index (κ1) is 21.3. The Hall–Kier alpha value is -2.77. The summed E-state index contributed by atoms with van der Waals surface area (Å²) in [5.74, 6) is -0.679. The highest BCUT2D eigenvalue weighted by Crippen LogP contribution is 2.07. The van der Waals surface area contributed by atoms with E-state index in [1.807, 2.05) is 30.3 Å². The highest BCUT2D eigenvalue weighted by Gasteiger charge is 2.26. The average molecular weight is 366 g/mol. The van der Waals surface area contributed by atoms with Gasteiger partial charge in [-0.05, 0) is 33.3 Å². The second kappa shape index (κ2) is 10.3. The normalized spacial score (nSPS) is 11.8. The number of carbonyl (C=O) groups excluding carboxylic acids is 3. The van der Waals surface area contributed by atoms with Gasteiger partial charge in [0.15, 0.2) is 0 Å². The Balaban J connectivity index is 2.52. The average Bonchev–Trinajstić information content (AvgIpc) is 2.56. The van der Waals surface area contributed by atoms with Crippen molar-refractivity contribution in [1.82, 2.24) is 10.6 Å². The molecule has 0 aliphatic rings. The van der Waals surface area contributed by atoms with E-state index in [-0.39, 0.29) is 19.8 Å². The molecule has 0 saturated heterocycles. The van der Waals surface area contributed by atoms with Crippen molar-refractivity contribution in [3.8, 4) is 0 Å². The largest absolute Gasteiger partial charge is 0.464 e. The topological polar surface area (TPSA) is 103 Å². The summed E-state index contributed by atoms with van der Waals surface area (Å²) in [5, 5.41) is 4.81. The molecule has 0 heterocycles. The zero-order valence-electron chi connectivity index (χ0n) is 15.5. The van der Waals surface area contributed by atoms with Crippen molar-refractivity contribution in [2.75, 3.05) is 13.2 Å². The molecule has 0 aliphatic carbocycles. The van der Waals surface area contributed by atoms with Crippen molar-refractivity contribution in [1.29, 1.82) is 0 Å². The molecule has 8 nitrogen and oxygen atoms in total. The summed E-state index contributed by atoms with van der Waals surface area (Å²) in [6, 6.07) is 8.07. The molecule has 0 bridgehead atoms. The molecule has 1 rings (SSSR count). The number of rotatable bonds is 7. The molecule has 0 aromatic heterocycles. The Bertz CT molecular complexity index is 597. The highest BCUT2D eigenvalue weighted by molar-refractivity contribution is 5.82. The van der Waals surface area contributed by atoms with Crippen LogP contribution in [0.25, 0.3) is 0 Å². The molecule has 0 radical (unpaired) electrons. The number of hydrogen-bond donors (Lipinski definition) is 2. The van der Waals surface area contributed by atoms with Gasteiger partial charge in [0.1, 0.15) is 18.2 Å². The molecule has 0 spiro atoms. The van der Waals surface area contributed by atoms with Gasteiger partial charge in [0.2, 0.25) is 0 Å². The van der Waals surface area contributed by atoms with Gasteiger partial charge in [-0.3, -0.25) is 0 Å². The molecule has 0 aliphatic heterocycles. The fraction of sp³-hybridized carbons (Fsp3) is 0.500. The lowest BCUT2D eigenvalue weighted by Gasteiger charge is -2.23. The van der Waals surface area contributed by atoms with Crippen molar-refractivity contribution in [2.24, 2.45) is 0 Å². The summed E-state index contributed by atoms with van der Waals surface area (Å²) in [6.45, 7) is 6.79. The maximum Gasteiger partial charge on any atom is 0.408 e. The van der Waals surface area contributed by atoms with Crippen LogP contribution in [0.5, 0.6) is 0 Å². The van der Waals surface area contributed by atoms with Crippen LogP contribution in [0, 0.1) is 0 Å². The van der Waals surface area contributed by atoms with Gasteiger partial charge < -0.3 is 24.8 Å². The molecule has 2 amide bonds. The fourth-order valence-electron chi connectivity index (χ4n) is 1.85. The molecule has 0 unspecified atom stereocenters. The smallest absolute Gasteiger partial charge is 0.408 e. The molecule has 1 atom stereocenters. The number of alkyl carbamates (subject to hydrolysis) is 2. The third kappa shape index (κ3) is 8.91. The molecule has 8 heteroatoms. The van der Waals surface area contributed by atoms with Crippen LogP contribution in [-0.2, 0) is 25.6 Å². The van der Waals surface area contributed by atoms with Crippen LogP contribution in [0.4, 0.5) is 9.59 Å². The van der Waals surface area contributed by atoms with Gasteiger partial charge in [-0.15, -0.1) is 0 Å². The molecular weight excluding hydrogens is 340 g/mol. The summed E-state index contributed by atoms with van der Waals surface area (Å²) in [6.07, 6.45) is -1.50. The first-order valence-corrected chi connectivity index (χ1v) is 8.32. The van der Waals surface area contributed by atoms with Gasteiger partial charge >= 0.3 is 18.2 Å². The summed E-state index contributed by atoms with van der Waals surface area (Å²) in [4.78, 5) is 35.6. The quantitative estimate of drug-likeness (QED) is 0.567. The number of carbonyl (C=O) groups is 3. The van der Waals surface area contributed by atoms with E-state index in [0.29, 0.717) is 0 Å². The van der Waals surface area contributed by atoms with E-state index in [1.165, 1.54) is 0 Å². The number of amides is 2. The van der Waals surface area contributed by atoms with E-state index >= 15 is 0 Å². The van der Waals surface area contributed by atoms with Gasteiger partial charge in [-0.2, -0.15) is 0 Å². The van der Waals surface area contributed by atoms with Crippen molar-refractivity contribution < 1.29 is 28.6 Å². The molecule has 2 N–H and O–H groups in total. The van der Waals surface area contributed by atoms with Gasteiger partial charge in [0.25, 0.3) is 0 Å². The highest BCUT2D eigenvalue weighted by atomic mass is 16.6. The van der Waals surface area contributed by atoms with Crippen LogP contribution < -0.4 is 10.6 Å². The number of hydrogen-bond acceptors (Lipinski definition) is 6. The molecule has 0 fully saturated rings. The van der Waals surface area contributed by atoms with Gasteiger partial charge in [0, 0.05) is 0 Å². The molecule has 144 valence electrons. The van der Waals surface area contributed by atoms with E-state index in [4.69, 9.17) is 14.2 Å². The minimum absolute atomic E-state index is 0.0935. The molecule has 26 heavy (non-hydrogen) atoms. The number of benzene rings is 1. The van der Waals surface area contributed by atoms with Crippen LogP contribution in [0.15, 0.2) is 30.3 Å². The lowest BCUT2D eigenvalue weighted by molar-refractivity contribution is -0.145. The Morgan fingerprint density at radius 2 is 1.69 bits per heavy atom. The Morgan fingerprint density at radius 1 is 1.04 bits per heavy atom. The maximum atomic E-state index is 12.0. The van der Waals surface area contributed by atoms with Crippen LogP contribution in [-0.4, -0.2) is 43.0 Å². The summed E-state index contributed by atoms with van der Waals surface area (Å²) >= 11 is 0. The van der Waals surface area contributed by atoms with Crippen LogP contribution in [0.1, 0.15) is 33.3 Å². The summed E-state index contributed by atoms with van der Waals surface area (Å²) in [5.41, 5.74) is 0.113. The van der Waals surface area contributed by atoms with Gasteiger partial charge in [-0.25, -0.2) is 14.4 Å². The Morgan fingerprint density at radius 3 is 2.27 bits per heavy atom. The number of ether oxygens (including phenoxy) is 3. The zero-order valence-corrected chi connectivity index (χ0v) is 15.5. The number of nitrogens with one attached hydrogen (secondary N) is 2. The Labute approximate surface area is 153 Å². The van der Waals surface area contributed by atoms with Crippen molar-refractivity contribution >= 4 is 18.2 Å². The van der Waals surface area contributed by atoms with E-state index < -0.39 is 29.8 Å². The standard InChI is InChI=1S/C18H26N2O6/c1-5-24-15(21)14(20-17(23)26-18(2,3)4)11-19-16(22)25-12-13-9-7-6-8-10-13/h6-10,14H,5,11-12H2,1-4H3,(H,19,22)(H,20,23)/t14-/m0/s1. The predicted octanol–water partition coefficient (Wildman–Crippen LogP) is 2.37. The minimum Gasteiger partial charge on any atom is -0.464 e. The lowest BCUT2D eigenvalue weighted by Crippen LogP contribution is -2.50. The van der Waals surface area contributed by atoms with E-state index in [0.717, 1.165) is 5.56 Å². The molecule has 1 aromatic carbocycles. The van der Waals surface area contributed by atoms with Crippen molar-refractivity contribution in [3.05, 3.63) is 35.9 Å².